The summed E-state index contributed by atoms with van der Waals surface area (Å²) in [7, 11) is 0. The lowest BCUT2D eigenvalue weighted by atomic mass is 9.33. The molecule has 3 nitrogen and oxygen atoms in total. The number of rotatable bonds is 4. The van der Waals surface area contributed by atoms with E-state index in [2.05, 4.69) is 245 Å². The topological polar surface area (TPSA) is 9.72 Å². The molecule has 2 atom stereocenters. The third kappa shape index (κ3) is 6.97. The summed E-state index contributed by atoms with van der Waals surface area (Å²) in [6.45, 7) is 33.1. The van der Waals surface area contributed by atoms with Gasteiger partial charge in [0.15, 0.2) is 0 Å². The van der Waals surface area contributed by atoms with Gasteiger partial charge in [-0.1, -0.05) is 167 Å². The molecule has 0 amide bonds. The summed E-state index contributed by atoms with van der Waals surface area (Å²) in [5.41, 5.74) is 26.2. The van der Waals surface area contributed by atoms with Crippen molar-refractivity contribution < 1.29 is 0 Å². The highest BCUT2D eigenvalue weighted by atomic mass is 15.3. The molecule has 0 N–H and O–H groups in total. The maximum absolute atomic E-state index is 2.80. The molecule has 0 radical (unpaired) electrons. The van der Waals surface area contributed by atoms with Crippen molar-refractivity contribution >= 4 is 68.6 Å². The Bertz CT molecular complexity index is 3200. The van der Waals surface area contributed by atoms with Crippen molar-refractivity contribution in [2.45, 2.75) is 150 Å². The zero-order valence-corrected chi connectivity index (χ0v) is 43.9. The first-order valence-corrected chi connectivity index (χ1v) is 25.8. The number of hydrogen-bond acceptors (Lipinski definition) is 3. The molecule has 7 aromatic carbocycles. The Morgan fingerprint density at radius 2 is 1.03 bits per heavy atom. The van der Waals surface area contributed by atoms with Crippen LogP contribution in [0.15, 0.2) is 133 Å². The monoisotopic (exact) mass is 906 g/mol. The summed E-state index contributed by atoms with van der Waals surface area (Å²) < 4.78 is 0. The first-order chi connectivity index (χ1) is 32.6. The number of anilines is 8. The van der Waals surface area contributed by atoms with E-state index in [4.69, 9.17) is 0 Å². The van der Waals surface area contributed by atoms with Crippen LogP contribution < -0.4 is 31.1 Å². The molecule has 0 spiro atoms. The molecule has 3 aliphatic heterocycles. The van der Waals surface area contributed by atoms with Crippen molar-refractivity contribution in [1.82, 2.24) is 0 Å². The lowest BCUT2D eigenvalue weighted by Gasteiger charge is -2.51. The van der Waals surface area contributed by atoms with Gasteiger partial charge in [-0.15, -0.1) is 0 Å². The van der Waals surface area contributed by atoms with E-state index in [0.717, 1.165) is 0 Å². The van der Waals surface area contributed by atoms with E-state index in [0.29, 0.717) is 0 Å². The van der Waals surface area contributed by atoms with Crippen LogP contribution in [0.2, 0.25) is 0 Å². The molecule has 7 aromatic rings. The first-order valence-electron chi connectivity index (χ1n) is 25.8. The first kappa shape index (κ1) is 45.4. The second-order valence-corrected chi connectivity index (χ2v) is 24.9. The molecule has 0 aromatic heterocycles. The number of fused-ring (bicyclic) bond motifs is 7. The van der Waals surface area contributed by atoms with Gasteiger partial charge in [-0.3, -0.25) is 0 Å². The molecule has 69 heavy (non-hydrogen) atoms. The maximum Gasteiger partial charge on any atom is 0.252 e. The van der Waals surface area contributed by atoms with Gasteiger partial charge in [-0.25, -0.2) is 0 Å². The Morgan fingerprint density at radius 1 is 0.478 bits per heavy atom. The molecular weight excluding hydrogens is 834 g/mol. The number of hydrogen-bond donors (Lipinski definition) is 0. The standard InChI is InChI=1S/C65H72BN3/c1-41-34-43(3)60-51(35-41)64(13)32-18-19-33-65(64,14)69(60)49-28-30-53-56(40-49)67(48-26-22-45(23-27-48)61(4,5)6)57-36-42(2)37-58-59(57)66(53)52-29-24-47(63(10,11)12)39-55(52)68(58)54-31-25-46(62(7,8)9)38-50(54)44-20-16-15-17-21-44/h15-17,20-31,34-40H,18-19,32-33H2,1-14H3. The third-order valence-electron chi connectivity index (χ3n) is 17.0. The Hall–Kier alpha value is -6.00. The van der Waals surface area contributed by atoms with Crippen molar-refractivity contribution in [2.24, 2.45) is 0 Å². The van der Waals surface area contributed by atoms with E-state index in [1.54, 1.807) is 0 Å². The molecule has 350 valence electrons. The van der Waals surface area contributed by atoms with Gasteiger partial charge in [0, 0.05) is 50.8 Å². The van der Waals surface area contributed by atoms with Crippen molar-refractivity contribution in [3.8, 4) is 11.1 Å². The highest BCUT2D eigenvalue weighted by molar-refractivity contribution is 7.00. The van der Waals surface area contributed by atoms with Gasteiger partial charge >= 0.3 is 0 Å². The third-order valence-corrected chi connectivity index (χ3v) is 17.0. The SMILES string of the molecule is Cc1cc2c3c(c1)N(c1ccc(C(C)(C)C)cc1-c1ccccc1)c1cc(C(C)(C)C)ccc1B3c1ccc(N3c4c(C)cc(C)cc4C4(C)CCCCC34C)cc1N2c1ccc(C(C)(C)C)cc1. The van der Waals surface area contributed by atoms with Crippen LogP contribution in [0.1, 0.15) is 141 Å². The molecule has 4 aliphatic rings. The Balaban J connectivity index is 1.21. The minimum absolute atomic E-state index is 0.0116. The van der Waals surface area contributed by atoms with E-state index >= 15 is 0 Å². The lowest BCUT2D eigenvalue weighted by molar-refractivity contribution is 0.195. The van der Waals surface area contributed by atoms with E-state index in [9.17, 15) is 0 Å². The van der Waals surface area contributed by atoms with Gasteiger partial charge in [0.2, 0.25) is 0 Å². The van der Waals surface area contributed by atoms with Crippen LogP contribution >= 0.6 is 0 Å². The maximum atomic E-state index is 2.80. The van der Waals surface area contributed by atoms with Crippen LogP contribution in [0.3, 0.4) is 0 Å². The number of nitrogens with zero attached hydrogens (tertiary/aromatic N) is 3. The molecule has 4 heteroatoms. The van der Waals surface area contributed by atoms with E-state index in [1.165, 1.54) is 138 Å². The fraction of sp³-hybridized carbons (Fsp3) is 0.354. The van der Waals surface area contributed by atoms with Crippen molar-refractivity contribution in [3.05, 3.63) is 172 Å². The van der Waals surface area contributed by atoms with Crippen molar-refractivity contribution in [3.63, 3.8) is 0 Å². The predicted octanol–water partition coefficient (Wildman–Crippen LogP) is 16.0. The normalized spacial score (nSPS) is 19.5. The van der Waals surface area contributed by atoms with Gasteiger partial charge in [-0.2, -0.15) is 0 Å². The summed E-state index contributed by atoms with van der Waals surface area (Å²) in [5, 5.41) is 0. The van der Waals surface area contributed by atoms with Gasteiger partial charge in [-0.05, 0) is 167 Å². The molecule has 11 rings (SSSR count). The van der Waals surface area contributed by atoms with Crippen LogP contribution in [-0.2, 0) is 21.7 Å². The quantitative estimate of drug-likeness (QED) is 0.163. The average Bonchev–Trinajstić information content (AvgIpc) is 3.50. The lowest BCUT2D eigenvalue weighted by Crippen LogP contribution is -2.61. The largest absolute Gasteiger partial charge is 0.334 e. The van der Waals surface area contributed by atoms with Crippen LogP contribution in [0, 0.1) is 20.8 Å². The fourth-order valence-corrected chi connectivity index (χ4v) is 13.0. The molecule has 1 saturated carbocycles. The molecular formula is C65H72BN3. The second kappa shape index (κ2) is 15.5. The van der Waals surface area contributed by atoms with Crippen LogP contribution in [-0.4, -0.2) is 12.3 Å². The Labute approximate surface area is 414 Å². The van der Waals surface area contributed by atoms with Crippen LogP contribution in [0.5, 0.6) is 0 Å². The predicted molar refractivity (Wildman–Crippen MR) is 299 cm³/mol. The van der Waals surface area contributed by atoms with Crippen LogP contribution in [0.4, 0.5) is 45.5 Å². The summed E-state index contributed by atoms with van der Waals surface area (Å²) in [6.07, 6.45) is 4.90. The summed E-state index contributed by atoms with van der Waals surface area (Å²) in [6, 6.07) is 52.7. The highest BCUT2D eigenvalue weighted by Gasteiger charge is 2.58. The molecule has 0 bridgehead atoms. The van der Waals surface area contributed by atoms with Crippen molar-refractivity contribution in [1.29, 1.82) is 0 Å². The second-order valence-electron chi connectivity index (χ2n) is 24.9. The molecule has 2 unspecified atom stereocenters. The van der Waals surface area contributed by atoms with Gasteiger partial charge in [0.25, 0.3) is 6.71 Å². The number of benzene rings is 7. The smallest absolute Gasteiger partial charge is 0.252 e. The van der Waals surface area contributed by atoms with Crippen molar-refractivity contribution in [2.75, 3.05) is 14.7 Å². The molecule has 1 aliphatic carbocycles. The highest BCUT2D eigenvalue weighted by Crippen LogP contribution is 2.62. The molecule has 0 saturated heterocycles. The summed E-state index contributed by atoms with van der Waals surface area (Å²) in [4.78, 5) is 8.06. The average molecular weight is 906 g/mol. The Kier molecular flexibility index (Phi) is 10.2. The minimum Gasteiger partial charge on any atom is -0.334 e. The fourth-order valence-electron chi connectivity index (χ4n) is 13.0. The number of aryl methyl sites for hydroxylation is 3. The van der Waals surface area contributed by atoms with Gasteiger partial charge in [0.1, 0.15) is 0 Å². The molecule has 3 heterocycles. The van der Waals surface area contributed by atoms with E-state index in [-0.39, 0.29) is 33.9 Å². The van der Waals surface area contributed by atoms with E-state index < -0.39 is 0 Å². The molecule has 1 fully saturated rings. The van der Waals surface area contributed by atoms with E-state index in [1.807, 2.05) is 0 Å². The summed E-state index contributed by atoms with van der Waals surface area (Å²) >= 11 is 0. The van der Waals surface area contributed by atoms with Crippen LogP contribution in [0.25, 0.3) is 11.1 Å². The zero-order chi connectivity index (χ0) is 48.7. The Morgan fingerprint density at radius 3 is 1.70 bits per heavy atom. The minimum atomic E-state index is -0.0593. The van der Waals surface area contributed by atoms with Gasteiger partial charge < -0.3 is 14.7 Å². The summed E-state index contributed by atoms with van der Waals surface area (Å²) in [5.74, 6) is 0. The van der Waals surface area contributed by atoms with Gasteiger partial charge in [0.05, 0.1) is 11.2 Å². The zero-order valence-electron chi connectivity index (χ0n) is 43.9.